The molecule has 1 saturated heterocycles. The molecule has 2 aromatic heterocycles. The highest BCUT2D eigenvalue weighted by molar-refractivity contribution is 7.11. The summed E-state index contributed by atoms with van der Waals surface area (Å²) in [5, 5.41) is 9.37. The molecule has 5 nitrogen and oxygen atoms in total. The minimum atomic E-state index is 0.153. The molecule has 1 fully saturated rings. The highest BCUT2D eigenvalue weighted by atomic mass is 32.1. The predicted octanol–water partition coefficient (Wildman–Crippen LogP) is 3.07. The number of aromatic nitrogens is 3. The molecule has 3 atom stereocenters. The van der Waals surface area contributed by atoms with Crippen LogP contribution in [0.2, 0.25) is 0 Å². The third-order valence-corrected chi connectivity index (χ3v) is 6.09. The first-order valence-corrected chi connectivity index (χ1v) is 9.34. The van der Waals surface area contributed by atoms with Crippen molar-refractivity contribution in [3.05, 3.63) is 33.5 Å². The van der Waals surface area contributed by atoms with Gasteiger partial charge in [-0.2, -0.15) is 5.10 Å². The fraction of sp³-hybridized carbons (Fsp3) is 0.647. The first-order valence-electron chi connectivity index (χ1n) is 8.52. The monoisotopic (exact) mass is 332 g/mol. The maximum atomic E-state index is 5.99. The summed E-state index contributed by atoms with van der Waals surface area (Å²) in [4.78, 5) is 6.17. The topological polar surface area (TPSA) is 52.0 Å². The molecule has 0 radical (unpaired) electrons. The fourth-order valence-corrected chi connectivity index (χ4v) is 4.91. The van der Waals surface area contributed by atoms with Crippen molar-refractivity contribution < 1.29 is 4.74 Å². The zero-order valence-electron chi connectivity index (χ0n) is 13.8. The van der Waals surface area contributed by atoms with Gasteiger partial charge in [0.15, 0.2) is 0 Å². The second-order valence-electron chi connectivity index (χ2n) is 6.62. The molecule has 0 aromatic carbocycles. The van der Waals surface area contributed by atoms with Crippen LogP contribution in [0, 0.1) is 6.92 Å². The van der Waals surface area contributed by atoms with E-state index in [-0.39, 0.29) is 6.10 Å². The fourth-order valence-electron chi connectivity index (χ4n) is 3.84. The Morgan fingerprint density at radius 2 is 2.30 bits per heavy atom. The molecule has 3 unspecified atom stereocenters. The lowest BCUT2D eigenvalue weighted by Crippen LogP contribution is -2.39. The normalized spacial score (nSPS) is 27.8. The summed E-state index contributed by atoms with van der Waals surface area (Å²) in [7, 11) is 1.99. The Morgan fingerprint density at radius 3 is 3.13 bits per heavy atom. The first kappa shape index (κ1) is 15.3. The van der Waals surface area contributed by atoms with E-state index < -0.39 is 0 Å². The van der Waals surface area contributed by atoms with Gasteiger partial charge in [0.25, 0.3) is 0 Å². The third kappa shape index (κ3) is 3.07. The van der Waals surface area contributed by atoms with Crippen LogP contribution in [-0.4, -0.2) is 27.4 Å². The lowest BCUT2D eigenvalue weighted by atomic mass is 9.94. The Labute approximate surface area is 141 Å². The van der Waals surface area contributed by atoms with Crippen LogP contribution >= 0.6 is 11.3 Å². The Morgan fingerprint density at radius 1 is 1.39 bits per heavy atom. The summed E-state index contributed by atoms with van der Waals surface area (Å²) in [5.41, 5.74) is 2.50. The van der Waals surface area contributed by atoms with Gasteiger partial charge in [0.2, 0.25) is 0 Å². The van der Waals surface area contributed by atoms with Crippen LogP contribution in [0.1, 0.15) is 59.1 Å². The van der Waals surface area contributed by atoms with Crippen molar-refractivity contribution in [1.29, 1.82) is 0 Å². The summed E-state index contributed by atoms with van der Waals surface area (Å²) in [6, 6.07) is 3.04. The molecule has 124 valence electrons. The SMILES string of the molecule is Cc1nc2c(s1)C(NC1CCOC(c3ccnn3C)C1)CCC2. The van der Waals surface area contributed by atoms with Crippen LogP contribution in [0.3, 0.4) is 0 Å². The van der Waals surface area contributed by atoms with Crippen molar-refractivity contribution in [2.24, 2.45) is 7.05 Å². The average Bonchev–Trinajstić information content (AvgIpc) is 3.13. The quantitative estimate of drug-likeness (QED) is 0.938. The summed E-state index contributed by atoms with van der Waals surface area (Å²) >= 11 is 1.87. The van der Waals surface area contributed by atoms with Crippen molar-refractivity contribution in [2.45, 2.75) is 57.2 Å². The lowest BCUT2D eigenvalue weighted by molar-refractivity contribution is -0.00651. The largest absolute Gasteiger partial charge is 0.372 e. The Kier molecular flexibility index (Phi) is 4.22. The zero-order chi connectivity index (χ0) is 15.8. The molecule has 23 heavy (non-hydrogen) atoms. The van der Waals surface area contributed by atoms with Gasteiger partial charge in [-0.3, -0.25) is 4.68 Å². The van der Waals surface area contributed by atoms with Gasteiger partial charge in [-0.25, -0.2) is 4.98 Å². The van der Waals surface area contributed by atoms with Crippen molar-refractivity contribution >= 4 is 11.3 Å². The van der Waals surface area contributed by atoms with E-state index in [0.717, 1.165) is 25.9 Å². The van der Waals surface area contributed by atoms with E-state index in [1.54, 1.807) is 0 Å². The van der Waals surface area contributed by atoms with Crippen molar-refractivity contribution in [2.75, 3.05) is 6.61 Å². The number of fused-ring (bicyclic) bond motifs is 1. The molecule has 1 aliphatic heterocycles. The number of thiazole rings is 1. The number of hydrogen-bond donors (Lipinski definition) is 1. The Balaban J connectivity index is 1.46. The van der Waals surface area contributed by atoms with E-state index in [0.29, 0.717) is 12.1 Å². The van der Waals surface area contributed by atoms with Crippen LogP contribution in [0.25, 0.3) is 0 Å². The second-order valence-corrected chi connectivity index (χ2v) is 7.85. The van der Waals surface area contributed by atoms with E-state index >= 15 is 0 Å². The number of nitrogens with zero attached hydrogens (tertiary/aromatic N) is 3. The Hall–Kier alpha value is -1.24. The second kappa shape index (κ2) is 6.34. The molecular formula is C17H24N4OS. The molecule has 0 spiro atoms. The summed E-state index contributed by atoms with van der Waals surface area (Å²) < 4.78 is 7.91. The molecule has 1 aliphatic carbocycles. The molecule has 1 N–H and O–H groups in total. The number of hydrogen-bond acceptors (Lipinski definition) is 5. The van der Waals surface area contributed by atoms with Gasteiger partial charge < -0.3 is 10.1 Å². The number of ether oxygens (including phenoxy) is 1. The highest BCUT2D eigenvalue weighted by Crippen LogP contribution is 2.36. The van der Waals surface area contributed by atoms with E-state index in [2.05, 4.69) is 23.4 Å². The number of aryl methyl sites for hydroxylation is 3. The van der Waals surface area contributed by atoms with Crippen LogP contribution in [0.15, 0.2) is 12.3 Å². The van der Waals surface area contributed by atoms with Gasteiger partial charge in [-0.1, -0.05) is 0 Å². The molecule has 2 aliphatic rings. The van der Waals surface area contributed by atoms with Crippen LogP contribution in [-0.2, 0) is 18.2 Å². The van der Waals surface area contributed by atoms with E-state index in [9.17, 15) is 0 Å². The highest BCUT2D eigenvalue weighted by Gasteiger charge is 2.30. The zero-order valence-corrected chi connectivity index (χ0v) is 14.6. The van der Waals surface area contributed by atoms with Gasteiger partial charge in [0.1, 0.15) is 6.10 Å². The third-order valence-electron chi connectivity index (χ3n) is 4.97. The number of nitrogens with one attached hydrogen (secondary N) is 1. The minimum absolute atomic E-state index is 0.153. The molecule has 3 heterocycles. The predicted molar refractivity (Wildman–Crippen MR) is 90.6 cm³/mol. The van der Waals surface area contributed by atoms with Crippen LogP contribution in [0.4, 0.5) is 0 Å². The first-order chi connectivity index (χ1) is 11.2. The van der Waals surface area contributed by atoms with Crippen molar-refractivity contribution in [3.8, 4) is 0 Å². The lowest BCUT2D eigenvalue weighted by Gasteiger charge is -2.34. The van der Waals surface area contributed by atoms with E-state index in [1.807, 2.05) is 29.3 Å². The molecular weight excluding hydrogens is 308 g/mol. The molecule has 0 amide bonds. The summed E-state index contributed by atoms with van der Waals surface area (Å²) in [5.74, 6) is 0. The molecule has 0 saturated carbocycles. The molecule has 2 aromatic rings. The maximum Gasteiger partial charge on any atom is 0.101 e. The Bertz CT molecular complexity index is 680. The smallest absolute Gasteiger partial charge is 0.101 e. The average molecular weight is 332 g/mol. The number of rotatable bonds is 3. The van der Waals surface area contributed by atoms with E-state index in [1.165, 1.54) is 34.1 Å². The van der Waals surface area contributed by atoms with Crippen molar-refractivity contribution in [3.63, 3.8) is 0 Å². The summed E-state index contributed by atoms with van der Waals surface area (Å²) in [6.07, 6.45) is 7.71. The van der Waals surface area contributed by atoms with Gasteiger partial charge in [-0.15, -0.1) is 11.3 Å². The molecule has 6 heteroatoms. The molecule has 4 rings (SSSR count). The summed E-state index contributed by atoms with van der Waals surface area (Å²) in [6.45, 7) is 2.93. The standard InChI is InChI=1S/C17H24N4OS/c1-11-19-13-4-3-5-14(17(13)23-11)20-12-7-9-22-16(10-12)15-6-8-18-21(15)2/h6,8,12,14,16,20H,3-5,7,9-10H2,1-2H3. The van der Waals surface area contributed by atoms with E-state index in [4.69, 9.17) is 9.72 Å². The van der Waals surface area contributed by atoms with Crippen LogP contribution in [0.5, 0.6) is 0 Å². The van der Waals surface area contributed by atoms with Gasteiger partial charge in [0.05, 0.1) is 16.4 Å². The van der Waals surface area contributed by atoms with Gasteiger partial charge in [-0.05, 0) is 45.1 Å². The van der Waals surface area contributed by atoms with Gasteiger partial charge in [0, 0.05) is 36.8 Å². The minimum Gasteiger partial charge on any atom is -0.372 e. The van der Waals surface area contributed by atoms with Gasteiger partial charge >= 0.3 is 0 Å². The van der Waals surface area contributed by atoms with Crippen molar-refractivity contribution in [1.82, 2.24) is 20.1 Å². The maximum absolute atomic E-state index is 5.99. The molecule has 0 bridgehead atoms. The van der Waals surface area contributed by atoms with Crippen LogP contribution < -0.4 is 5.32 Å².